The lowest BCUT2D eigenvalue weighted by molar-refractivity contribution is 0.0237. The van der Waals surface area contributed by atoms with Crippen molar-refractivity contribution in [3.8, 4) is 0 Å². The Bertz CT molecular complexity index is 434. The van der Waals surface area contributed by atoms with Gasteiger partial charge < -0.3 is 9.30 Å². The van der Waals surface area contributed by atoms with Gasteiger partial charge in [-0.15, -0.1) is 0 Å². The van der Waals surface area contributed by atoms with Gasteiger partial charge >= 0.3 is 5.97 Å². The molecule has 0 aliphatic carbocycles. The first-order valence-corrected chi connectivity index (χ1v) is 5.29. The summed E-state index contributed by atoms with van der Waals surface area (Å²) in [4.78, 5) is 22.8. The van der Waals surface area contributed by atoms with Crippen LogP contribution in [0.25, 0.3) is 0 Å². The average Bonchev–Trinajstić information content (AvgIpc) is 2.21. The fourth-order valence-electron chi connectivity index (χ4n) is 1.09. The van der Waals surface area contributed by atoms with Gasteiger partial charge in [0.2, 0.25) is 5.56 Å². The minimum absolute atomic E-state index is 0.135. The molecule has 1 unspecified atom stereocenters. The summed E-state index contributed by atoms with van der Waals surface area (Å²) in [5, 5.41) is 0. The van der Waals surface area contributed by atoms with E-state index in [0.717, 1.165) is 0 Å². The fraction of sp³-hybridized carbons (Fsp3) is 0.500. The lowest BCUT2D eigenvalue weighted by atomic mass is 10.1. The van der Waals surface area contributed by atoms with Gasteiger partial charge in [0.25, 0.3) is 0 Å². The minimum Gasteiger partial charge on any atom is -0.459 e. The summed E-state index contributed by atoms with van der Waals surface area (Å²) >= 11 is 0. The summed E-state index contributed by atoms with van der Waals surface area (Å²) in [6.45, 7) is 5.82. The number of pyridine rings is 1. The molecule has 0 aliphatic rings. The predicted octanol–water partition coefficient (Wildman–Crippen LogP) is 1.59. The Hall–Kier alpha value is -1.58. The minimum atomic E-state index is -0.392. The summed E-state index contributed by atoms with van der Waals surface area (Å²) in [6, 6.07) is 2.84. The smallest absolute Gasteiger partial charge is 0.339 e. The number of nitrogens with zero attached hydrogens (tertiary/aromatic N) is 1. The maximum absolute atomic E-state index is 11.7. The fourth-order valence-corrected chi connectivity index (χ4v) is 1.09. The Morgan fingerprint density at radius 3 is 2.44 bits per heavy atom. The van der Waals surface area contributed by atoms with E-state index >= 15 is 0 Å². The second-order valence-electron chi connectivity index (χ2n) is 4.22. The molecule has 0 N–H and O–H groups in total. The molecule has 1 rings (SSSR count). The second-order valence-corrected chi connectivity index (χ2v) is 4.22. The Balaban J connectivity index is 2.81. The SMILES string of the molecule is CC(C)C(C)OC(=O)c1ccc(=O)n(C)c1. The van der Waals surface area contributed by atoms with Gasteiger partial charge in [0.1, 0.15) is 6.10 Å². The number of esters is 1. The summed E-state index contributed by atoms with van der Waals surface area (Å²) < 4.78 is 6.60. The molecular weight excluding hydrogens is 206 g/mol. The van der Waals surface area contributed by atoms with Gasteiger partial charge in [0.15, 0.2) is 0 Å². The van der Waals surface area contributed by atoms with E-state index in [4.69, 9.17) is 4.74 Å². The van der Waals surface area contributed by atoms with Crippen molar-refractivity contribution < 1.29 is 9.53 Å². The Labute approximate surface area is 94.9 Å². The molecule has 1 heterocycles. The molecule has 4 heteroatoms. The number of aryl methyl sites for hydroxylation is 1. The number of hydrogen-bond acceptors (Lipinski definition) is 3. The molecule has 4 nitrogen and oxygen atoms in total. The Morgan fingerprint density at radius 1 is 1.31 bits per heavy atom. The van der Waals surface area contributed by atoms with Crippen LogP contribution < -0.4 is 5.56 Å². The number of hydrogen-bond donors (Lipinski definition) is 0. The van der Waals surface area contributed by atoms with Gasteiger partial charge in [-0.2, -0.15) is 0 Å². The van der Waals surface area contributed by atoms with E-state index in [1.54, 1.807) is 7.05 Å². The number of carbonyl (C=O) groups excluding carboxylic acids is 1. The molecule has 0 radical (unpaired) electrons. The molecule has 0 saturated carbocycles. The summed E-state index contributed by atoms with van der Waals surface area (Å²) in [7, 11) is 1.60. The van der Waals surface area contributed by atoms with E-state index in [1.165, 1.54) is 22.9 Å². The van der Waals surface area contributed by atoms with Crippen LogP contribution in [0.3, 0.4) is 0 Å². The Kier molecular flexibility index (Phi) is 3.88. The largest absolute Gasteiger partial charge is 0.459 e. The van der Waals surface area contributed by atoms with Crippen LogP contribution >= 0.6 is 0 Å². The molecule has 0 bridgehead atoms. The molecule has 0 spiro atoms. The van der Waals surface area contributed by atoms with Crippen LogP contribution in [0, 0.1) is 5.92 Å². The van der Waals surface area contributed by atoms with Gasteiger partial charge in [0, 0.05) is 19.3 Å². The highest BCUT2D eigenvalue weighted by Gasteiger charge is 2.15. The average molecular weight is 223 g/mol. The third-order valence-corrected chi connectivity index (χ3v) is 2.55. The van der Waals surface area contributed by atoms with E-state index in [9.17, 15) is 9.59 Å². The van der Waals surface area contributed by atoms with Crippen molar-refractivity contribution in [2.24, 2.45) is 13.0 Å². The van der Waals surface area contributed by atoms with E-state index in [1.807, 2.05) is 20.8 Å². The van der Waals surface area contributed by atoms with E-state index in [2.05, 4.69) is 0 Å². The van der Waals surface area contributed by atoms with Crippen LogP contribution in [0.5, 0.6) is 0 Å². The lowest BCUT2D eigenvalue weighted by Gasteiger charge is -2.16. The quantitative estimate of drug-likeness (QED) is 0.731. The molecule has 0 saturated heterocycles. The van der Waals surface area contributed by atoms with Crippen molar-refractivity contribution in [1.82, 2.24) is 4.57 Å². The molecular formula is C12H17NO3. The monoisotopic (exact) mass is 223 g/mol. The third-order valence-electron chi connectivity index (χ3n) is 2.55. The van der Waals surface area contributed by atoms with Crippen molar-refractivity contribution in [2.75, 3.05) is 0 Å². The van der Waals surface area contributed by atoms with Gasteiger partial charge in [-0.3, -0.25) is 4.79 Å². The van der Waals surface area contributed by atoms with Crippen molar-refractivity contribution in [3.05, 3.63) is 34.2 Å². The summed E-state index contributed by atoms with van der Waals surface area (Å²) in [5.74, 6) is -0.117. The van der Waals surface area contributed by atoms with Crippen LogP contribution in [0.2, 0.25) is 0 Å². The zero-order valence-corrected chi connectivity index (χ0v) is 10.1. The second kappa shape index (κ2) is 4.96. The lowest BCUT2D eigenvalue weighted by Crippen LogP contribution is -2.22. The highest BCUT2D eigenvalue weighted by atomic mass is 16.5. The molecule has 0 amide bonds. The highest BCUT2D eigenvalue weighted by molar-refractivity contribution is 5.89. The molecule has 0 aliphatic heterocycles. The first-order valence-electron chi connectivity index (χ1n) is 5.29. The number of aromatic nitrogens is 1. The number of rotatable bonds is 3. The van der Waals surface area contributed by atoms with Gasteiger partial charge in [-0.1, -0.05) is 13.8 Å². The van der Waals surface area contributed by atoms with Crippen molar-refractivity contribution in [2.45, 2.75) is 26.9 Å². The van der Waals surface area contributed by atoms with Crippen molar-refractivity contribution in [1.29, 1.82) is 0 Å². The first kappa shape index (κ1) is 12.5. The van der Waals surface area contributed by atoms with E-state index < -0.39 is 5.97 Å². The molecule has 0 aromatic carbocycles. The maximum atomic E-state index is 11.7. The maximum Gasteiger partial charge on any atom is 0.339 e. The van der Waals surface area contributed by atoms with Crippen molar-refractivity contribution in [3.63, 3.8) is 0 Å². The summed E-state index contributed by atoms with van der Waals surface area (Å²) in [5.41, 5.74) is 0.253. The van der Waals surface area contributed by atoms with Gasteiger partial charge in [-0.05, 0) is 18.9 Å². The summed E-state index contributed by atoms with van der Waals surface area (Å²) in [6.07, 6.45) is 1.35. The zero-order valence-electron chi connectivity index (χ0n) is 10.1. The van der Waals surface area contributed by atoms with Crippen LogP contribution in [-0.4, -0.2) is 16.6 Å². The zero-order chi connectivity index (χ0) is 12.3. The van der Waals surface area contributed by atoms with Gasteiger partial charge in [-0.25, -0.2) is 4.79 Å². The van der Waals surface area contributed by atoms with Crippen LogP contribution in [0.15, 0.2) is 23.1 Å². The molecule has 16 heavy (non-hydrogen) atoms. The van der Waals surface area contributed by atoms with Crippen LogP contribution in [-0.2, 0) is 11.8 Å². The normalized spacial score (nSPS) is 12.6. The predicted molar refractivity (Wildman–Crippen MR) is 61.4 cm³/mol. The van der Waals surface area contributed by atoms with E-state index in [0.29, 0.717) is 5.56 Å². The van der Waals surface area contributed by atoms with Gasteiger partial charge in [0.05, 0.1) is 5.56 Å². The molecule has 1 aromatic rings. The van der Waals surface area contributed by atoms with Crippen molar-refractivity contribution >= 4 is 5.97 Å². The van der Waals surface area contributed by atoms with Crippen LogP contribution in [0.4, 0.5) is 0 Å². The molecule has 1 atom stereocenters. The topological polar surface area (TPSA) is 48.3 Å². The third kappa shape index (κ3) is 2.95. The molecule has 88 valence electrons. The molecule has 1 aromatic heterocycles. The standard InChI is InChI=1S/C12H17NO3/c1-8(2)9(3)16-12(15)10-5-6-11(14)13(4)7-10/h5-9H,1-4H3. The number of carbonyl (C=O) groups is 1. The number of ether oxygens (including phenoxy) is 1. The Morgan fingerprint density at radius 2 is 1.94 bits per heavy atom. The van der Waals surface area contributed by atoms with Crippen LogP contribution in [0.1, 0.15) is 31.1 Å². The highest BCUT2D eigenvalue weighted by Crippen LogP contribution is 2.08. The van der Waals surface area contributed by atoms with E-state index in [-0.39, 0.29) is 17.6 Å². The molecule has 0 fully saturated rings. The first-order chi connectivity index (χ1) is 7.41.